The molecule has 3 aromatic carbocycles. The average molecular weight is 547 g/mol. The number of anilines is 2. The van der Waals surface area contributed by atoms with E-state index in [1.54, 1.807) is 50.2 Å². The van der Waals surface area contributed by atoms with Crippen molar-refractivity contribution in [3.8, 4) is 11.3 Å². The number of nitrogens with one attached hydrogen (secondary N) is 1. The third kappa shape index (κ3) is 5.37. The van der Waals surface area contributed by atoms with E-state index in [1.165, 1.54) is 16.4 Å². The number of rotatable bonds is 8. The van der Waals surface area contributed by atoms with Gasteiger partial charge in [0.25, 0.3) is 5.91 Å². The van der Waals surface area contributed by atoms with Crippen LogP contribution in [0.4, 0.5) is 15.8 Å². The number of benzene rings is 3. The van der Waals surface area contributed by atoms with Crippen molar-refractivity contribution < 1.29 is 17.6 Å². The Morgan fingerprint density at radius 3 is 2.36 bits per heavy atom. The van der Waals surface area contributed by atoms with E-state index in [0.717, 1.165) is 31.6 Å². The first kappa shape index (κ1) is 26.8. The number of hydrogen-bond acceptors (Lipinski definition) is 5. The molecular weight excluding hydrogens is 515 g/mol. The van der Waals surface area contributed by atoms with Gasteiger partial charge in [-0.05, 0) is 67.4 Å². The fourth-order valence-corrected chi connectivity index (χ4v) is 6.53. The van der Waals surface area contributed by atoms with Crippen molar-refractivity contribution in [1.29, 1.82) is 0 Å². The summed E-state index contributed by atoms with van der Waals surface area (Å²) in [6, 6.07) is 20.0. The summed E-state index contributed by atoms with van der Waals surface area (Å²) in [7, 11) is -3.72. The average Bonchev–Trinajstić information content (AvgIpc) is 3.48. The quantitative estimate of drug-likeness (QED) is 0.297. The molecule has 0 bridgehead atoms. The molecule has 5 rings (SSSR count). The van der Waals surface area contributed by atoms with E-state index >= 15 is 0 Å². The highest BCUT2D eigenvalue weighted by Crippen LogP contribution is 2.34. The summed E-state index contributed by atoms with van der Waals surface area (Å²) in [5.74, 6) is -0.735. The summed E-state index contributed by atoms with van der Waals surface area (Å²) < 4.78 is 41.5. The van der Waals surface area contributed by atoms with Gasteiger partial charge >= 0.3 is 0 Å². The molecule has 1 fully saturated rings. The highest BCUT2D eigenvalue weighted by molar-refractivity contribution is 7.89. The van der Waals surface area contributed by atoms with E-state index in [4.69, 9.17) is 4.98 Å². The van der Waals surface area contributed by atoms with Crippen LogP contribution in [0.5, 0.6) is 0 Å². The van der Waals surface area contributed by atoms with Gasteiger partial charge in [0.15, 0.2) is 0 Å². The highest BCUT2D eigenvalue weighted by Gasteiger charge is 2.25. The van der Waals surface area contributed by atoms with Crippen molar-refractivity contribution >= 4 is 38.2 Å². The van der Waals surface area contributed by atoms with Gasteiger partial charge in [-0.1, -0.05) is 32.0 Å². The third-order valence-electron chi connectivity index (χ3n) is 7.11. The van der Waals surface area contributed by atoms with Crippen molar-refractivity contribution in [2.45, 2.75) is 31.6 Å². The van der Waals surface area contributed by atoms with Gasteiger partial charge in [0.2, 0.25) is 10.0 Å². The van der Waals surface area contributed by atoms with Gasteiger partial charge in [0.1, 0.15) is 5.82 Å². The molecule has 0 aliphatic carbocycles. The SMILES string of the molecule is CCN(CC)S(=O)(=O)c1ccc(N2CCCC2)c(NC(=O)c2cc(-c3ccc(F)cc3)nc3ccccc23)c1. The number of para-hydroxylation sites is 1. The number of nitrogens with zero attached hydrogens (tertiary/aromatic N) is 3. The molecule has 4 aromatic rings. The number of carbonyl (C=O) groups excluding carboxylic acids is 1. The van der Waals surface area contributed by atoms with Gasteiger partial charge in [0.05, 0.1) is 33.0 Å². The Hall–Kier alpha value is -3.82. The predicted octanol–water partition coefficient (Wildman–Crippen LogP) is 5.92. The molecule has 1 aromatic heterocycles. The van der Waals surface area contributed by atoms with E-state index < -0.39 is 10.0 Å². The molecule has 1 N–H and O–H groups in total. The largest absolute Gasteiger partial charge is 0.370 e. The number of halogens is 1. The van der Waals surface area contributed by atoms with E-state index in [-0.39, 0.29) is 16.6 Å². The first-order chi connectivity index (χ1) is 18.8. The summed E-state index contributed by atoms with van der Waals surface area (Å²) in [4.78, 5) is 20.9. The van der Waals surface area contributed by atoms with Gasteiger partial charge in [-0.25, -0.2) is 17.8 Å². The van der Waals surface area contributed by atoms with Crippen LogP contribution in [0.15, 0.2) is 77.7 Å². The van der Waals surface area contributed by atoms with Crippen LogP contribution in [-0.2, 0) is 10.0 Å². The molecule has 0 saturated carbocycles. The smallest absolute Gasteiger partial charge is 0.256 e. The summed E-state index contributed by atoms with van der Waals surface area (Å²) >= 11 is 0. The van der Waals surface area contributed by atoms with Crippen molar-refractivity contribution in [2.75, 3.05) is 36.4 Å². The Labute approximate surface area is 228 Å². The first-order valence-electron chi connectivity index (χ1n) is 13.2. The van der Waals surface area contributed by atoms with Crippen molar-refractivity contribution in [2.24, 2.45) is 0 Å². The molecule has 39 heavy (non-hydrogen) atoms. The van der Waals surface area contributed by atoms with Crippen LogP contribution in [0.25, 0.3) is 22.2 Å². The van der Waals surface area contributed by atoms with Crippen LogP contribution < -0.4 is 10.2 Å². The minimum absolute atomic E-state index is 0.135. The second-order valence-electron chi connectivity index (χ2n) is 9.50. The monoisotopic (exact) mass is 546 g/mol. The Bertz CT molecular complexity index is 1610. The molecule has 0 spiro atoms. The second kappa shape index (κ2) is 11.1. The Morgan fingerprint density at radius 2 is 1.67 bits per heavy atom. The molecule has 9 heteroatoms. The summed E-state index contributed by atoms with van der Waals surface area (Å²) in [5.41, 5.74) is 3.47. The van der Waals surface area contributed by atoms with Gasteiger partial charge in [-0.3, -0.25) is 4.79 Å². The summed E-state index contributed by atoms with van der Waals surface area (Å²) in [5, 5.41) is 3.68. The Balaban J connectivity index is 1.59. The lowest BCUT2D eigenvalue weighted by Crippen LogP contribution is -2.31. The highest BCUT2D eigenvalue weighted by atomic mass is 32.2. The zero-order chi connectivity index (χ0) is 27.6. The normalized spacial score (nSPS) is 13.8. The maximum absolute atomic E-state index is 13.9. The Morgan fingerprint density at radius 1 is 0.974 bits per heavy atom. The molecule has 0 unspecified atom stereocenters. The molecule has 0 atom stereocenters. The van der Waals surface area contributed by atoms with Crippen molar-refractivity contribution in [1.82, 2.24) is 9.29 Å². The number of carbonyl (C=O) groups is 1. The Kier molecular flexibility index (Phi) is 7.63. The first-order valence-corrected chi connectivity index (χ1v) is 14.6. The zero-order valence-corrected chi connectivity index (χ0v) is 22.8. The number of hydrogen-bond donors (Lipinski definition) is 1. The lowest BCUT2D eigenvalue weighted by molar-refractivity contribution is 0.102. The minimum atomic E-state index is -3.72. The molecule has 2 heterocycles. The topological polar surface area (TPSA) is 82.6 Å². The lowest BCUT2D eigenvalue weighted by atomic mass is 10.0. The fourth-order valence-electron chi connectivity index (χ4n) is 5.04. The zero-order valence-electron chi connectivity index (χ0n) is 22.0. The predicted molar refractivity (Wildman–Crippen MR) is 153 cm³/mol. The van der Waals surface area contributed by atoms with Crippen LogP contribution in [0.1, 0.15) is 37.0 Å². The molecular formula is C30H31FN4O3S. The molecule has 0 radical (unpaired) electrons. The molecule has 1 amide bonds. The van der Waals surface area contributed by atoms with Crippen LogP contribution in [-0.4, -0.2) is 49.8 Å². The molecule has 1 saturated heterocycles. The van der Waals surface area contributed by atoms with Gasteiger partial charge in [-0.15, -0.1) is 0 Å². The van der Waals surface area contributed by atoms with E-state index in [2.05, 4.69) is 10.2 Å². The van der Waals surface area contributed by atoms with Gasteiger partial charge in [-0.2, -0.15) is 4.31 Å². The third-order valence-corrected chi connectivity index (χ3v) is 9.15. The van der Waals surface area contributed by atoms with Gasteiger partial charge < -0.3 is 10.2 Å². The fraction of sp³-hybridized carbons (Fsp3) is 0.267. The maximum atomic E-state index is 13.9. The number of aromatic nitrogens is 1. The lowest BCUT2D eigenvalue weighted by Gasteiger charge is -2.24. The van der Waals surface area contributed by atoms with Crippen LogP contribution in [0, 0.1) is 5.82 Å². The maximum Gasteiger partial charge on any atom is 0.256 e. The van der Waals surface area contributed by atoms with Crippen molar-refractivity contribution in [3.63, 3.8) is 0 Å². The van der Waals surface area contributed by atoms with Crippen molar-refractivity contribution in [3.05, 3.63) is 84.2 Å². The molecule has 1 aliphatic heterocycles. The van der Waals surface area contributed by atoms with Crippen LogP contribution in [0.2, 0.25) is 0 Å². The van der Waals surface area contributed by atoms with E-state index in [0.29, 0.717) is 46.5 Å². The number of pyridine rings is 1. The van der Waals surface area contributed by atoms with Crippen LogP contribution in [0.3, 0.4) is 0 Å². The number of sulfonamides is 1. The van der Waals surface area contributed by atoms with E-state index in [1.807, 2.05) is 24.3 Å². The van der Waals surface area contributed by atoms with E-state index in [9.17, 15) is 17.6 Å². The minimum Gasteiger partial charge on any atom is -0.370 e. The summed E-state index contributed by atoms with van der Waals surface area (Å²) in [6.07, 6.45) is 2.06. The molecule has 1 aliphatic rings. The number of fused-ring (bicyclic) bond motifs is 1. The standard InChI is InChI=1S/C30H31FN4O3S/c1-3-35(4-2)39(37,38)23-15-16-29(34-17-7-8-18-34)28(19-23)33-30(36)25-20-27(21-11-13-22(31)14-12-21)32-26-10-6-5-9-24(25)26/h5-6,9-16,19-20H,3-4,7-8,17-18H2,1-2H3,(H,33,36). The number of amides is 1. The molecule has 7 nitrogen and oxygen atoms in total. The van der Waals surface area contributed by atoms with Crippen LogP contribution >= 0.6 is 0 Å². The van der Waals surface area contributed by atoms with Gasteiger partial charge in [0, 0.05) is 37.1 Å². The molecule has 202 valence electrons. The summed E-state index contributed by atoms with van der Waals surface area (Å²) in [6.45, 7) is 5.97. The second-order valence-corrected chi connectivity index (χ2v) is 11.4.